The largest absolute Gasteiger partial charge is 0.507 e. The molecular formula is C22H21Cl3N2O3. The molecule has 2 aromatic carbocycles. The van der Waals surface area contributed by atoms with E-state index in [-0.39, 0.29) is 11.3 Å². The van der Waals surface area contributed by atoms with E-state index in [0.29, 0.717) is 39.2 Å². The third-order valence-electron chi connectivity index (χ3n) is 4.92. The Bertz CT molecular complexity index is 1000. The van der Waals surface area contributed by atoms with Crippen molar-refractivity contribution < 1.29 is 14.7 Å². The molecule has 1 fully saturated rings. The van der Waals surface area contributed by atoms with E-state index in [1.54, 1.807) is 42.5 Å². The second-order valence-electron chi connectivity index (χ2n) is 7.33. The van der Waals surface area contributed by atoms with Gasteiger partial charge in [0.1, 0.15) is 5.76 Å². The number of Topliss-reactive ketones (excluding diaryl/α,β-unsaturated/α-hetero) is 1. The molecule has 1 aliphatic rings. The fraction of sp³-hybridized carbons (Fsp3) is 0.273. The standard InChI is InChI=1S/C22H21Cl3N2O3/c1-26(2)10-3-11-27-19(14-6-9-16(24)17(25)12-14)18(21(29)22(27)30)20(28)13-4-7-15(23)8-5-13/h4-9,12,19,28H,3,10-11H2,1-2H3/b20-18+/t19-/m0/s1. The molecule has 1 saturated heterocycles. The zero-order valence-electron chi connectivity index (χ0n) is 16.5. The first-order valence-electron chi connectivity index (χ1n) is 9.34. The van der Waals surface area contributed by atoms with Crippen molar-refractivity contribution in [3.63, 3.8) is 0 Å². The van der Waals surface area contributed by atoms with Gasteiger partial charge in [0.05, 0.1) is 21.7 Å². The summed E-state index contributed by atoms with van der Waals surface area (Å²) in [7, 11) is 3.87. The highest BCUT2D eigenvalue weighted by Crippen LogP contribution is 2.41. The van der Waals surface area contributed by atoms with Gasteiger partial charge >= 0.3 is 0 Å². The first-order chi connectivity index (χ1) is 14.2. The number of rotatable bonds is 6. The normalized spacial score (nSPS) is 18.5. The van der Waals surface area contributed by atoms with Gasteiger partial charge in [-0.3, -0.25) is 9.59 Å². The SMILES string of the molecule is CN(C)CCCN1C(=O)C(=O)/C(=C(/O)c2ccc(Cl)cc2)[C@@H]1c1ccc(Cl)c(Cl)c1. The van der Waals surface area contributed by atoms with Crippen molar-refractivity contribution in [3.05, 3.63) is 74.2 Å². The van der Waals surface area contributed by atoms with E-state index in [0.717, 1.165) is 6.54 Å². The van der Waals surface area contributed by atoms with Crippen LogP contribution in [-0.4, -0.2) is 53.8 Å². The Hall–Kier alpha value is -2.05. The van der Waals surface area contributed by atoms with Gasteiger partial charge in [-0.15, -0.1) is 0 Å². The molecule has 0 spiro atoms. The van der Waals surface area contributed by atoms with Crippen molar-refractivity contribution in [2.45, 2.75) is 12.5 Å². The lowest BCUT2D eigenvalue weighted by molar-refractivity contribution is -0.139. The average molecular weight is 468 g/mol. The van der Waals surface area contributed by atoms with E-state index in [4.69, 9.17) is 34.8 Å². The van der Waals surface area contributed by atoms with Crippen molar-refractivity contribution in [2.24, 2.45) is 0 Å². The van der Waals surface area contributed by atoms with Gasteiger partial charge in [0, 0.05) is 17.1 Å². The van der Waals surface area contributed by atoms with Crippen LogP contribution in [-0.2, 0) is 9.59 Å². The smallest absolute Gasteiger partial charge is 0.295 e. The van der Waals surface area contributed by atoms with E-state index in [1.807, 2.05) is 19.0 Å². The number of nitrogens with zero attached hydrogens (tertiary/aromatic N) is 2. The van der Waals surface area contributed by atoms with Crippen LogP contribution >= 0.6 is 34.8 Å². The Morgan fingerprint density at radius 2 is 1.70 bits per heavy atom. The lowest BCUT2D eigenvalue weighted by atomic mass is 9.95. The summed E-state index contributed by atoms with van der Waals surface area (Å²) in [4.78, 5) is 29.3. The van der Waals surface area contributed by atoms with Crippen LogP contribution in [0.4, 0.5) is 0 Å². The topological polar surface area (TPSA) is 60.9 Å². The van der Waals surface area contributed by atoms with Gasteiger partial charge in [0.2, 0.25) is 0 Å². The van der Waals surface area contributed by atoms with Crippen LogP contribution in [0.15, 0.2) is 48.0 Å². The molecule has 0 aromatic heterocycles. The maximum Gasteiger partial charge on any atom is 0.295 e. The molecule has 1 amide bonds. The molecule has 0 aliphatic carbocycles. The number of carbonyl (C=O) groups is 2. The summed E-state index contributed by atoms with van der Waals surface area (Å²) in [5.41, 5.74) is 1.02. The number of hydrogen-bond donors (Lipinski definition) is 1. The summed E-state index contributed by atoms with van der Waals surface area (Å²) < 4.78 is 0. The second kappa shape index (κ2) is 9.40. The Kier molecular flexibility index (Phi) is 7.09. The molecule has 1 aliphatic heterocycles. The molecule has 0 radical (unpaired) electrons. The molecule has 1 N–H and O–H groups in total. The van der Waals surface area contributed by atoms with Gasteiger partial charge in [-0.2, -0.15) is 0 Å². The average Bonchev–Trinajstić information content (AvgIpc) is 2.95. The molecule has 158 valence electrons. The molecular weight excluding hydrogens is 447 g/mol. The van der Waals surface area contributed by atoms with Crippen molar-refractivity contribution >= 4 is 52.3 Å². The van der Waals surface area contributed by atoms with Crippen molar-refractivity contribution in [2.75, 3.05) is 27.2 Å². The van der Waals surface area contributed by atoms with Crippen molar-refractivity contribution in [1.29, 1.82) is 0 Å². The number of ketones is 1. The van der Waals surface area contributed by atoms with E-state index in [9.17, 15) is 14.7 Å². The zero-order chi connectivity index (χ0) is 22.0. The highest BCUT2D eigenvalue weighted by Gasteiger charge is 2.45. The second-order valence-corrected chi connectivity index (χ2v) is 8.58. The van der Waals surface area contributed by atoms with Crippen LogP contribution in [0.5, 0.6) is 0 Å². The number of carbonyl (C=O) groups excluding carboxylic acids is 2. The van der Waals surface area contributed by atoms with E-state index < -0.39 is 17.7 Å². The number of benzene rings is 2. The van der Waals surface area contributed by atoms with E-state index >= 15 is 0 Å². The van der Waals surface area contributed by atoms with Gasteiger partial charge in [-0.05, 0) is 69.0 Å². The van der Waals surface area contributed by atoms with Gasteiger partial charge in [0.15, 0.2) is 0 Å². The van der Waals surface area contributed by atoms with Crippen LogP contribution in [0.2, 0.25) is 15.1 Å². The lowest BCUT2D eigenvalue weighted by Crippen LogP contribution is -2.32. The molecule has 1 heterocycles. The van der Waals surface area contributed by atoms with Crippen LogP contribution in [0.25, 0.3) is 5.76 Å². The van der Waals surface area contributed by atoms with Gasteiger partial charge < -0.3 is 14.9 Å². The lowest BCUT2D eigenvalue weighted by Gasteiger charge is -2.26. The molecule has 0 saturated carbocycles. The molecule has 30 heavy (non-hydrogen) atoms. The van der Waals surface area contributed by atoms with Gasteiger partial charge in [-0.1, -0.05) is 40.9 Å². The number of hydrogen-bond acceptors (Lipinski definition) is 4. The Balaban J connectivity index is 2.11. The number of amides is 1. The minimum atomic E-state index is -0.766. The monoisotopic (exact) mass is 466 g/mol. The maximum absolute atomic E-state index is 12.9. The highest BCUT2D eigenvalue weighted by atomic mass is 35.5. The molecule has 0 unspecified atom stereocenters. The minimum absolute atomic E-state index is 0.0190. The van der Waals surface area contributed by atoms with Crippen molar-refractivity contribution in [3.8, 4) is 0 Å². The summed E-state index contributed by atoms with van der Waals surface area (Å²) in [5, 5.41) is 12.1. The fourth-order valence-corrected chi connectivity index (χ4v) is 3.89. The molecule has 2 aromatic rings. The number of halogens is 3. The fourth-order valence-electron chi connectivity index (χ4n) is 3.46. The molecule has 0 bridgehead atoms. The van der Waals surface area contributed by atoms with Crippen LogP contribution in [0.3, 0.4) is 0 Å². The van der Waals surface area contributed by atoms with Crippen LogP contribution in [0, 0.1) is 0 Å². The zero-order valence-corrected chi connectivity index (χ0v) is 18.8. The molecule has 5 nitrogen and oxygen atoms in total. The maximum atomic E-state index is 12.9. The third kappa shape index (κ3) is 4.65. The third-order valence-corrected chi connectivity index (χ3v) is 5.91. The summed E-state index contributed by atoms with van der Waals surface area (Å²) >= 11 is 18.2. The Morgan fingerprint density at radius 1 is 1.03 bits per heavy atom. The summed E-state index contributed by atoms with van der Waals surface area (Å²) in [6.07, 6.45) is 0.666. The molecule has 1 atom stereocenters. The molecule has 8 heteroatoms. The number of likely N-dealkylation sites (tertiary alicyclic amines) is 1. The van der Waals surface area contributed by atoms with Gasteiger partial charge in [-0.25, -0.2) is 0 Å². The van der Waals surface area contributed by atoms with Gasteiger partial charge in [0.25, 0.3) is 11.7 Å². The Labute approximate surface area is 190 Å². The minimum Gasteiger partial charge on any atom is -0.507 e. The van der Waals surface area contributed by atoms with E-state index in [1.165, 1.54) is 4.90 Å². The quantitative estimate of drug-likeness (QED) is 0.368. The summed E-state index contributed by atoms with van der Waals surface area (Å²) in [6.45, 7) is 1.10. The Morgan fingerprint density at radius 3 is 2.30 bits per heavy atom. The molecule has 3 rings (SSSR count). The predicted octanol–water partition coefficient (Wildman–Crippen LogP) is 5.02. The van der Waals surface area contributed by atoms with Crippen LogP contribution < -0.4 is 0 Å². The van der Waals surface area contributed by atoms with Crippen molar-refractivity contribution in [1.82, 2.24) is 9.80 Å². The summed E-state index contributed by atoms with van der Waals surface area (Å²) in [5.74, 6) is -1.64. The summed E-state index contributed by atoms with van der Waals surface area (Å²) in [6, 6.07) is 10.6. The first kappa shape index (κ1) is 22.6. The highest BCUT2D eigenvalue weighted by molar-refractivity contribution is 6.47. The van der Waals surface area contributed by atoms with Crippen LogP contribution in [0.1, 0.15) is 23.6 Å². The number of aliphatic hydroxyl groups excluding tert-OH is 1. The predicted molar refractivity (Wildman–Crippen MR) is 120 cm³/mol. The first-order valence-corrected chi connectivity index (χ1v) is 10.5. The van der Waals surface area contributed by atoms with E-state index in [2.05, 4.69) is 0 Å². The number of aliphatic hydroxyl groups is 1.